The van der Waals surface area contributed by atoms with Crippen molar-refractivity contribution in [1.29, 1.82) is 0 Å². The summed E-state index contributed by atoms with van der Waals surface area (Å²) in [5.74, 6) is 0.232. The number of likely N-dealkylation sites (N-methyl/N-ethyl adjacent to an activating group) is 1. The number of carbonyl (C=O) groups is 1. The van der Waals surface area contributed by atoms with E-state index < -0.39 is 0 Å². The molecule has 0 aliphatic carbocycles. The van der Waals surface area contributed by atoms with Crippen molar-refractivity contribution >= 4 is 5.91 Å². The van der Waals surface area contributed by atoms with Crippen molar-refractivity contribution in [3.8, 4) is 0 Å². The molecule has 1 saturated heterocycles. The Balaban J connectivity index is 2.35. The molecule has 0 aromatic heterocycles. The van der Waals surface area contributed by atoms with Crippen molar-refractivity contribution in [3.63, 3.8) is 0 Å². The first kappa shape index (κ1) is 14.2. The van der Waals surface area contributed by atoms with Crippen molar-refractivity contribution in [1.82, 2.24) is 15.1 Å². The van der Waals surface area contributed by atoms with Crippen LogP contribution in [0.3, 0.4) is 0 Å². The summed E-state index contributed by atoms with van der Waals surface area (Å²) in [5, 5.41) is 3.30. The van der Waals surface area contributed by atoms with E-state index in [1.54, 1.807) is 0 Å². The maximum Gasteiger partial charge on any atom is 0.239 e. The lowest BCUT2D eigenvalue weighted by Gasteiger charge is -2.34. The third-order valence-corrected chi connectivity index (χ3v) is 3.33. The SMILES string of the molecule is C=CCCCN(C)C(=O)C(C)N1CCNCC1. The Hall–Kier alpha value is -0.870. The Morgan fingerprint density at radius 1 is 1.53 bits per heavy atom. The van der Waals surface area contributed by atoms with Crippen LogP contribution in [-0.4, -0.2) is 61.5 Å². The van der Waals surface area contributed by atoms with Gasteiger partial charge in [-0.1, -0.05) is 6.08 Å². The molecule has 0 radical (unpaired) electrons. The predicted octanol–water partition coefficient (Wildman–Crippen LogP) is 0.705. The number of hydrogen-bond acceptors (Lipinski definition) is 3. The quantitative estimate of drug-likeness (QED) is 0.547. The van der Waals surface area contributed by atoms with E-state index in [0.717, 1.165) is 45.6 Å². The molecule has 1 aliphatic heterocycles. The van der Waals surface area contributed by atoms with Crippen LogP contribution in [-0.2, 0) is 4.79 Å². The van der Waals surface area contributed by atoms with Gasteiger partial charge in [0.15, 0.2) is 0 Å². The standard InChI is InChI=1S/C13H25N3O/c1-4-5-6-9-15(3)13(17)12(2)16-10-7-14-8-11-16/h4,12,14H,1,5-11H2,2-3H3. The van der Waals surface area contributed by atoms with Gasteiger partial charge in [0.1, 0.15) is 0 Å². The molecule has 1 unspecified atom stereocenters. The molecule has 1 heterocycles. The summed E-state index contributed by atoms with van der Waals surface area (Å²) in [6, 6.07) is 0.00540. The Labute approximate surface area is 105 Å². The molecule has 1 atom stereocenters. The first-order valence-electron chi connectivity index (χ1n) is 6.47. The lowest BCUT2D eigenvalue weighted by molar-refractivity contribution is -0.135. The van der Waals surface area contributed by atoms with Gasteiger partial charge < -0.3 is 10.2 Å². The summed E-state index contributed by atoms with van der Waals surface area (Å²) < 4.78 is 0. The van der Waals surface area contributed by atoms with Gasteiger partial charge in [0.05, 0.1) is 6.04 Å². The van der Waals surface area contributed by atoms with Gasteiger partial charge in [-0.2, -0.15) is 0 Å². The first-order chi connectivity index (χ1) is 8.16. The Kier molecular flexibility index (Phi) is 6.22. The molecule has 0 bridgehead atoms. The van der Waals surface area contributed by atoms with Gasteiger partial charge in [0, 0.05) is 39.8 Å². The number of amides is 1. The molecule has 0 aromatic rings. The second-order valence-corrected chi connectivity index (χ2v) is 4.65. The third kappa shape index (κ3) is 4.48. The molecule has 1 rings (SSSR count). The second kappa shape index (κ2) is 7.45. The molecule has 1 fully saturated rings. The average molecular weight is 239 g/mol. The smallest absolute Gasteiger partial charge is 0.239 e. The van der Waals surface area contributed by atoms with E-state index in [2.05, 4.69) is 16.8 Å². The highest BCUT2D eigenvalue weighted by molar-refractivity contribution is 5.81. The van der Waals surface area contributed by atoms with Crippen LogP contribution >= 0.6 is 0 Å². The minimum absolute atomic E-state index is 0.00540. The summed E-state index contributed by atoms with van der Waals surface area (Å²) in [6.07, 6.45) is 3.87. The molecular formula is C13H25N3O. The van der Waals surface area contributed by atoms with Gasteiger partial charge in [0.2, 0.25) is 5.91 Å². The summed E-state index contributed by atoms with van der Waals surface area (Å²) in [7, 11) is 1.89. The number of unbranched alkanes of at least 4 members (excludes halogenated alkanes) is 1. The Morgan fingerprint density at radius 2 is 2.18 bits per heavy atom. The molecule has 4 heteroatoms. The minimum atomic E-state index is 0.00540. The first-order valence-corrected chi connectivity index (χ1v) is 6.47. The van der Waals surface area contributed by atoms with E-state index in [-0.39, 0.29) is 11.9 Å². The molecule has 1 amide bonds. The number of nitrogens with zero attached hydrogens (tertiary/aromatic N) is 2. The largest absolute Gasteiger partial charge is 0.344 e. The van der Waals surface area contributed by atoms with Gasteiger partial charge in [-0.15, -0.1) is 6.58 Å². The predicted molar refractivity (Wildman–Crippen MR) is 71.0 cm³/mol. The van der Waals surface area contributed by atoms with E-state index in [1.807, 2.05) is 24.9 Å². The van der Waals surface area contributed by atoms with Gasteiger partial charge in [0.25, 0.3) is 0 Å². The molecule has 1 N–H and O–H groups in total. The van der Waals surface area contributed by atoms with Crippen molar-refractivity contribution in [3.05, 3.63) is 12.7 Å². The fourth-order valence-corrected chi connectivity index (χ4v) is 2.13. The van der Waals surface area contributed by atoms with Crippen LogP contribution in [0.4, 0.5) is 0 Å². The van der Waals surface area contributed by atoms with Gasteiger partial charge >= 0.3 is 0 Å². The zero-order valence-electron chi connectivity index (χ0n) is 11.1. The van der Waals surface area contributed by atoms with Crippen molar-refractivity contribution in [2.75, 3.05) is 39.8 Å². The highest BCUT2D eigenvalue weighted by Crippen LogP contribution is 2.05. The van der Waals surface area contributed by atoms with E-state index >= 15 is 0 Å². The third-order valence-electron chi connectivity index (χ3n) is 3.33. The van der Waals surface area contributed by atoms with Crippen molar-refractivity contribution < 1.29 is 4.79 Å². The Morgan fingerprint density at radius 3 is 2.76 bits per heavy atom. The number of nitrogens with one attached hydrogen (secondary N) is 1. The van der Waals surface area contributed by atoms with E-state index in [1.165, 1.54) is 0 Å². The van der Waals surface area contributed by atoms with E-state index in [9.17, 15) is 4.79 Å². The molecule has 4 nitrogen and oxygen atoms in total. The molecule has 98 valence electrons. The molecule has 1 aliphatic rings. The molecule has 17 heavy (non-hydrogen) atoms. The average Bonchev–Trinajstić information content (AvgIpc) is 2.38. The topological polar surface area (TPSA) is 35.6 Å². The van der Waals surface area contributed by atoms with Crippen LogP contribution in [0.5, 0.6) is 0 Å². The fraction of sp³-hybridized carbons (Fsp3) is 0.769. The molecule has 0 saturated carbocycles. The normalized spacial score (nSPS) is 18.7. The monoisotopic (exact) mass is 239 g/mol. The summed E-state index contributed by atoms with van der Waals surface area (Å²) in [4.78, 5) is 16.3. The van der Waals surface area contributed by atoms with Crippen molar-refractivity contribution in [2.45, 2.75) is 25.8 Å². The highest BCUT2D eigenvalue weighted by Gasteiger charge is 2.24. The molecule has 0 aromatic carbocycles. The zero-order valence-corrected chi connectivity index (χ0v) is 11.1. The van der Waals surface area contributed by atoms with Crippen LogP contribution in [0.15, 0.2) is 12.7 Å². The fourth-order valence-electron chi connectivity index (χ4n) is 2.13. The number of allylic oxidation sites excluding steroid dienone is 1. The van der Waals surface area contributed by atoms with Gasteiger partial charge in [-0.3, -0.25) is 9.69 Å². The summed E-state index contributed by atoms with van der Waals surface area (Å²) in [5.41, 5.74) is 0. The molecular weight excluding hydrogens is 214 g/mol. The Bertz CT molecular complexity index is 249. The number of piperazine rings is 1. The number of rotatable bonds is 6. The van der Waals surface area contributed by atoms with Crippen molar-refractivity contribution in [2.24, 2.45) is 0 Å². The zero-order chi connectivity index (χ0) is 12.7. The van der Waals surface area contributed by atoms with Crippen LogP contribution in [0.2, 0.25) is 0 Å². The highest BCUT2D eigenvalue weighted by atomic mass is 16.2. The second-order valence-electron chi connectivity index (χ2n) is 4.65. The maximum atomic E-state index is 12.2. The van der Waals surface area contributed by atoms with Crippen LogP contribution < -0.4 is 5.32 Å². The molecule has 0 spiro atoms. The number of carbonyl (C=O) groups excluding carboxylic acids is 1. The maximum absolute atomic E-state index is 12.2. The van der Waals surface area contributed by atoms with Crippen LogP contribution in [0.25, 0.3) is 0 Å². The van der Waals surface area contributed by atoms with Gasteiger partial charge in [-0.25, -0.2) is 0 Å². The summed E-state index contributed by atoms with van der Waals surface area (Å²) in [6.45, 7) is 10.4. The number of hydrogen-bond donors (Lipinski definition) is 1. The minimum Gasteiger partial charge on any atom is -0.344 e. The summed E-state index contributed by atoms with van der Waals surface area (Å²) >= 11 is 0. The van der Waals surface area contributed by atoms with Crippen LogP contribution in [0.1, 0.15) is 19.8 Å². The van der Waals surface area contributed by atoms with Crippen LogP contribution in [0, 0.1) is 0 Å². The lowest BCUT2D eigenvalue weighted by atomic mass is 10.2. The van der Waals surface area contributed by atoms with E-state index in [4.69, 9.17) is 0 Å². The van der Waals surface area contributed by atoms with Gasteiger partial charge in [-0.05, 0) is 19.8 Å². The lowest BCUT2D eigenvalue weighted by Crippen LogP contribution is -2.53. The van der Waals surface area contributed by atoms with E-state index in [0.29, 0.717) is 0 Å².